The molecule has 0 bridgehead atoms. The molecular formula is C14H15NO3. The molecule has 1 atom stereocenters. The number of Topliss-reactive ketones (excluding diaryl/α,β-unsaturated/α-hetero) is 1. The lowest BCUT2D eigenvalue weighted by Gasteiger charge is -2.13. The van der Waals surface area contributed by atoms with E-state index in [4.69, 9.17) is 4.42 Å². The number of furan rings is 1. The van der Waals surface area contributed by atoms with Gasteiger partial charge in [0.15, 0.2) is 11.9 Å². The predicted molar refractivity (Wildman–Crippen MR) is 68.8 cm³/mol. The number of carbonyl (C=O) groups is 1. The molecule has 0 saturated carbocycles. The molecule has 1 aromatic carbocycles. The summed E-state index contributed by atoms with van der Waals surface area (Å²) in [6.07, 6.45) is 0.186. The average Bonchev–Trinajstić information content (AvgIpc) is 2.91. The van der Waals surface area contributed by atoms with Gasteiger partial charge in [-0.3, -0.25) is 4.79 Å². The largest absolute Gasteiger partial charge is 0.466 e. The molecule has 18 heavy (non-hydrogen) atoms. The molecule has 4 heteroatoms. The number of hydrogen-bond donors (Lipinski definition) is 1. The van der Waals surface area contributed by atoms with Crippen LogP contribution in [0.4, 0.5) is 5.69 Å². The molecule has 0 radical (unpaired) electrons. The van der Waals surface area contributed by atoms with Crippen molar-refractivity contribution in [2.75, 3.05) is 19.0 Å². The van der Waals surface area contributed by atoms with Gasteiger partial charge in [-0.1, -0.05) is 0 Å². The van der Waals surface area contributed by atoms with Crippen molar-refractivity contribution in [1.82, 2.24) is 0 Å². The number of hydrogen-bond acceptors (Lipinski definition) is 4. The highest BCUT2D eigenvalue weighted by atomic mass is 16.4. The Bertz CT molecular complexity index is 514. The van der Waals surface area contributed by atoms with Gasteiger partial charge in [0.2, 0.25) is 0 Å². The number of rotatable bonds is 4. The van der Waals surface area contributed by atoms with Crippen LogP contribution in [-0.2, 0) is 0 Å². The molecule has 0 amide bonds. The van der Waals surface area contributed by atoms with E-state index in [1.54, 1.807) is 24.3 Å². The van der Waals surface area contributed by atoms with Crippen LogP contribution >= 0.6 is 0 Å². The van der Waals surface area contributed by atoms with Gasteiger partial charge >= 0.3 is 0 Å². The maximum Gasteiger partial charge on any atom is 0.199 e. The summed E-state index contributed by atoms with van der Waals surface area (Å²) in [4.78, 5) is 13.9. The number of aliphatic hydroxyl groups is 1. The van der Waals surface area contributed by atoms with Gasteiger partial charge in [0.05, 0.1) is 6.26 Å². The Labute approximate surface area is 105 Å². The second kappa shape index (κ2) is 5.06. The first-order chi connectivity index (χ1) is 8.59. The lowest BCUT2D eigenvalue weighted by molar-refractivity contribution is 0.0703. The summed E-state index contributed by atoms with van der Waals surface area (Å²) in [6.45, 7) is 0. The van der Waals surface area contributed by atoms with Crippen LogP contribution in [0.15, 0.2) is 47.1 Å². The zero-order valence-corrected chi connectivity index (χ0v) is 10.3. The van der Waals surface area contributed by atoms with Gasteiger partial charge in [0.1, 0.15) is 5.76 Å². The first-order valence-corrected chi connectivity index (χ1v) is 5.62. The molecule has 0 saturated heterocycles. The number of aliphatic hydroxyl groups excluding tert-OH is 1. The topological polar surface area (TPSA) is 53.7 Å². The molecule has 0 aliphatic carbocycles. The first kappa shape index (κ1) is 12.4. The Balaban J connectivity index is 2.19. The molecule has 4 nitrogen and oxygen atoms in total. The third-order valence-electron chi connectivity index (χ3n) is 2.73. The molecule has 1 N–H and O–H groups in total. The molecular weight excluding hydrogens is 230 g/mol. The zero-order valence-electron chi connectivity index (χ0n) is 10.3. The van der Waals surface area contributed by atoms with Crippen LogP contribution in [0.5, 0.6) is 0 Å². The summed E-state index contributed by atoms with van der Waals surface area (Å²) in [5, 5.41) is 9.86. The third kappa shape index (κ3) is 2.43. The Morgan fingerprint density at radius 3 is 2.39 bits per heavy atom. The first-order valence-electron chi connectivity index (χ1n) is 5.62. The zero-order chi connectivity index (χ0) is 13.1. The van der Waals surface area contributed by atoms with Crippen molar-refractivity contribution in [2.45, 2.75) is 6.10 Å². The lowest BCUT2D eigenvalue weighted by atomic mass is 10.0. The summed E-state index contributed by atoms with van der Waals surface area (Å²) < 4.78 is 5.02. The standard InChI is InChI=1S/C14H15NO3/c1-15(2)11-7-5-10(6-8-11)13(16)14(17)12-4-3-9-18-12/h3-9,14,17H,1-2H3. The Morgan fingerprint density at radius 1 is 1.22 bits per heavy atom. The van der Waals surface area contributed by atoms with Gasteiger partial charge in [-0.05, 0) is 36.4 Å². The average molecular weight is 245 g/mol. The van der Waals surface area contributed by atoms with Crippen molar-refractivity contribution >= 4 is 11.5 Å². The molecule has 1 aromatic heterocycles. The maximum atomic E-state index is 12.0. The van der Waals surface area contributed by atoms with Gasteiger partial charge in [-0.25, -0.2) is 0 Å². The summed E-state index contributed by atoms with van der Waals surface area (Å²) in [7, 11) is 3.85. The van der Waals surface area contributed by atoms with Crippen molar-refractivity contribution in [1.29, 1.82) is 0 Å². The number of benzene rings is 1. The van der Waals surface area contributed by atoms with E-state index < -0.39 is 6.10 Å². The minimum atomic E-state index is -1.25. The Kier molecular flexibility index (Phi) is 3.48. The van der Waals surface area contributed by atoms with Crippen LogP contribution in [0.2, 0.25) is 0 Å². The van der Waals surface area contributed by atoms with Crippen LogP contribution in [0, 0.1) is 0 Å². The molecule has 2 rings (SSSR count). The molecule has 0 aliphatic heterocycles. The Hall–Kier alpha value is -2.07. The number of carbonyl (C=O) groups excluding carboxylic acids is 1. The van der Waals surface area contributed by atoms with E-state index in [0.29, 0.717) is 5.56 Å². The van der Waals surface area contributed by atoms with E-state index in [1.807, 2.05) is 31.1 Å². The summed E-state index contributed by atoms with van der Waals surface area (Å²) >= 11 is 0. The van der Waals surface area contributed by atoms with Gasteiger partial charge in [0.25, 0.3) is 0 Å². The van der Waals surface area contributed by atoms with Crippen LogP contribution in [0.1, 0.15) is 22.2 Å². The van der Waals surface area contributed by atoms with Crippen molar-refractivity contribution in [2.24, 2.45) is 0 Å². The SMILES string of the molecule is CN(C)c1ccc(C(=O)C(O)c2ccco2)cc1. The van der Waals surface area contributed by atoms with Gasteiger partial charge in [0, 0.05) is 25.3 Å². The van der Waals surface area contributed by atoms with Crippen LogP contribution < -0.4 is 4.90 Å². The highest BCUT2D eigenvalue weighted by molar-refractivity contribution is 5.99. The number of nitrogens with zero attached hydrogens (tertiary/aromatic N) is 1. The number of ketones is 1. The fourth-order valence-electron chi connectivity index (χ4n) is 1.66. The van der Waals surface area contributed by atoms with E-state index in [-0.39, 0.29) is 11.5 Å². The van der Waals surface area contributed by atoms with Crippen LogP contribution in [0.25, 0.3) is 0 Å². The quantitative estimate of drug-likeness (QED) is 0.839. The van der Waals surface area contributed by atoms with E-state index in [1.165, 1.54) is 6.26 Å². The highest BCUT2D eigenvalue weighted by Gasteiger charge is 2.21. The minimum Gasteiger partial charge on any atom is -0.466 e. The van der Waals surface area contributed by atoms with Crippen molar-refractivity contribution < 1.29 is 14.3 Å². The fourth-order valence-corrected chi connectivity index (χ4v) is 1.66. The molecule has 2 aromatic rings. The summed E-state index contributed by atoms with van der Waals surface area (Å²) in [5.41, 5.74) is 1.46. The van der Waals surface area contributed by atoms with Crippen molar-refractivity contribution in [3.63, 3.8) is 0 Å². The lowest BCUT2D eigenvalue weighted by Crippen LogP contribution is -2.12. The van der Waals surface area contributed by atoms with E-state index in [9.17, 15) is 9.90 Å². The second-order valence-electron chi connectivity index (χ2n) is 4.22. The minimum absolute atomic E-state index is 0.261. The monoisotopic (exact) mass is 245 g/mol. The summed E-state index contributed by atoms with van der Waals surface area (Å²) in [5.74, 6) is -0.105. The second-order valence-corrected chi connectivity index (χ2v) is 4.22. The normalized spacial score (nSPS) is 12.2. The van der Waals surface area contributed by atoms with Crippen LogP contribution in [0.3, 0.4) is 0 Å². The number of anilines is 1. The fraction of sp³-hybridized carbons (Fsp3) is 0.214. The maximum absolute atomic E-state index is 12.0. The molecule has 1 heterocycles. The molecule has 1 unspecified atom stereocenters. The predicted octanol–water partition coefficient (Wildman–Crippen LogP) is 2.26. The third-order valence-corrected chi connectivity index (χ3v) is 2.73. The molecule has 0 spiro atoms. The van der Waals surface area contributed by atoms with E-state index in [0.717, 1.165) is 5.69 Å². The van der Waals surface area contributed by atoms with Gasteiger partial charge < -0.3 is 14.4 Å². The van der Waals surface area contributed by atoms with Crippen LogP contribution in [-0.4, -0.2) is 25.0 Å². The summed E-state index contributed by atoms with van der Waals surface area (Å²) in [6, 6.07) is 10.3. The van der Waals surface area contributed by atoms with E-state index >= 15 is 0 Å². The van der Waals surface area contributed by atoms with E-state index in [2.05, 4.69) is 0 Å². The Morgan fingerprint density at radius 2 is 1.89 bits per heavy atom. The van der Waals surface area contributed by atoms with Gasteiger partial charge in [-0.2, -0.15) is 0 Å². The molecule has 94 valence electrons. The van der Waals surface area contributed by atoms with Crippen molar-refractivity contribution in [3.8, 4) is 0 Å². The smallest absolute Gasteiger partial charge is 0.199 e. The van der Waals surface area contributed by atoms with Crippen molar-refractivity contribution in [3.05, 3.63) is 54.0 Å². The molecule has 0 aliphatic rings. The van der Waals surface area contributed by atoms with Gasteiger partial charge in [-0.15, -0.1) is 0 Å². The highest BCUT2D eigenvalue weighted by Crippen LogP contribution is 2.20. The molecule has 0 fully saturated rings.